The Morgan fingerprint density at radius 2 is 1.65 bits per heavy atom. The standard InChI is InChI=1S/C20H22ClN5/c1-15-5-11-18(12-6-15)26-19(23-24-25-26)20(13-3-2-4-14-20)22-17-9-7-16(21)8-10-17/h5-12,22H,2-4,13-14H2,1H3. The average molecular weight is 368 g/mol. The number of anilines is 1. The third-order valence-corrected chi connectivity index (χ3v) is 5.36. The minimum absolute atomic E-state index is 0.277. The molecule has 0 amide bonds. The van der Waals surface area contributed by atoms with Crippen molar-refractivity contribution >= 4 is 17.3 Å². The number of hydrogen-bond donors (Lipinski definition) is 1. The van der Waals surface area contributed by atoms with E-state index in [9.17, 15) is 0 Å². The summed E-state index contributed by atoms with van der Waals surface area (Å²) in [4.78, 5) is 0. The van der Waals surface area contributed by atoms with Gasteiger partial charge >= 0.3 is 0 Å². The van der Waals surface area contributed by atoms with Crippen molar-refractivity contribution < 1.29 is 0 Å². The summed E-state index contributed by atoms with van der Waals surface area (Å²) in [5, 5.41) is 17.2. The van der Waals surface area contributed by atoms with Crippen molar-refractivity contribution in [1.29, 1.82) is 0 Å². The van der Waals surface area contributed by atoms with E-state index in [2.05, 4.69) is 52.0 Å². The SMILES string of the molecule is Cc1ccc(-n2nnnc2C2(Nc3ccc(Cl)cc3)CCCCC2)cc1. The number of hydrogen-bond acceptors (Lipinski definition) is 4. The summed E-state index contributed by atoms with van der Waals surface area (Å²) in [6.45, 7) is 2.08. The molecule has 3 aromatic rings. The van der Waals surface area contributed by atoms with Gasteiger partial charge in [-0.1, -0.05) is 48.6 Å². The summed E-state index contributed by atoms with van der Waals surface area (Å²) in [5.74, 6) is 0.871. The quantitative estimate of drug-likeness (QED) is 0.712. The van der Waals surface area contributed by atoms with Crippen LogP contribution < -0.4 is 5.32 Å². The fourth-order valence-electron chi connectivity index (χ4n) is 3.71. The van der Waals surface area contributed by atoms with Gasteiger partial charge in [0, 0.05) is 10.7 Å². The lowest BCUT2D eigenvalue weighted by Gasteiger charge is -2.37. The molecule has 1 aliphatic carbocycles. The van der Waals surface area contributed by atoms with E-state index >= 15 is 0 Å². The van der Waals surface area contributed by atoms with Gasteiger partial charge in [-0.25, -0.2) is 0 Å². The van der Waals surface area contributed by atoms with Gasteiger partial charge in [0.05, 0.1) is 11.2 Å². The molecule has 6 heteroatoms. The number of nitrogens with one attached hydrogen (secondary N) is 1. The van der Waals surface area contributed by atoms with Gasteiger partial charge in [-0.05, 0) is 66.6 Å². The molecule has 0 unspecified atom stereocenters. The van der Waals surface area contributed by atoms with Gasteiger partial charge in [0.15, 0.2) is 5.82 Å². The second-order valence-corrected chi connectivity index (χ2v) is 7.46. The van der Waals surface area contributed by atoms with Gasteiger partial charge in [0.2, 0.25) is 0 Å². The van der Waals surface area contributed by atoms with E-state index < -0.39 is 0 Å². The Labute approximate surface area is 158 Å². The molecule has 1 aromatic heterocycles. The number of rotatable bonds is 4. The van der Waals surface area contributed by atoms with E-state index in [1.165, 1.54) is 12.0 Å². The lowest BCUT2D eigenvalue weighted by atomic mass is 9.80. The van der Waals surface area contributed by atoms with E-state index in [0.717, 1.165) is 47.9 Å². The van der Waals surface area contributed by atoms with Crippen LogP contribution in [0.3, 0.4) is 0 Å². The summed E-state index contributed by atoms with van der Waals surface area (Å²) in [7, 11) is 0. The Bertz CT molecular complexity index is 864. The lowest BCUT2D eigenvalue weighted by molar-refractivity contribution is 0.309. The van der Waals surface area contributed by atoms with Crippen LogP contribution >= 0.6 is 11.6 Å². The molecular formula is C20H22ClN5. The van der Waals surface area contributed by atoms with E-state index in [0.29, 0.717) is 0 Å². The summed E-state index contributed by atoms with van der Waals surface area (Å²) in [6, 6.07) is 16.1. The van der Waals surface area contributed by atoms with Crippen molar-refractivity contribution in [3.8, 4) is 5.69 Å². The normalized spacial score (nSPS) is 16.4. The highest BCUT2D eigenvalue weighted by Gasteiger charge is 2.39. The first kappa shape index (κ1) is 17.0. The van der Waals surface area contributed by atoms with Crippen LogP contribution in [0.1, 0.15) is 43.5 Å². The van der Waals surface area contributed by atoms with Crippen molar-refractivity contribution in [2.45, 2.75) is 44.6 Å². The minimum atomic E-state index is -0.277. The third-order valence-electron chi connectivity index (χ3n) is 5.11. The monoisotopic (exact) mass is 367 g/mol. The summed E-state index contributed by atoms with van der Waals surface area (Å²) < 4.78 is 1.87. The highest BCUT2D eigenvalue weighted by Crippen LogP contribution is 2.39. The predicted octanol–water partition coefficient (Wildman–Crippen LogP) is 4.90. The van der Waals surface area contributed by atoms with E-state index in [-0.39, 0.29) is 5.54 Å². The number of tetrazole rings is 1. The molecule has 1 fully saturated rings. The Morgan fingerprint density at radius 1 is 0.962 bits per heavy atom. The maximum absolute atomic E-state index is 6.04. The van der Waals surface area contributed by atoms with Crippen molar-refractivity contribution in [2.75, 3.05) is 5.32 Å². The van der Waals surface area contributed by atoms with Crippen molar-refractivity contribution in [2.24, 2.45) is 0 Å². The lowest BCUT2D eigenvalue weighted by Crippen LogP contribution is -2.40. The number of aromatic nitrogens is 4. The van der Waals surface area contributed by atoms with E-state index in [4.69, 9.17) is 11.6 Å². The fourth-order valence-corrected chi connectivity index (χ4v) is 3.84. The molecule has 0 radical (unpaired) electrons. The summed E-state index contributed by atoms with van der Waals surface area (Å²) >= 11 is 6.04. The highest BCUT2D eigenvalue weighted by molar-refractivity contribution is 6.30. The van der Waals surface area contributed by atoms with Crippen LogP contribution in [-0.4, -0.2) is 20.2 Å². The van der Waals surface area contributed by atoms with Gasteiger partial charge in [-0.15, -0.1) is 5.10 Å². The van der Waals surface area contributed by atoms with Crippen LogP contribution in [0.5, 0.6) is 0 Å². The smallest absolute Gasteiger partial charge is 0.181 e. The number of benzene rings is 2. The molecule has 1 N–H and O–H groups in total. The molecule has 0 spiro atoms. The van der Waals surface area contributed by atoms with Gasteiger partial charge in [-0.3, -0.25) is 0 Å². The van der Waals surface area contributed by atoms with Crippen LogP contribution in [-0.2, 0) is 5.54 Å². The second-order valence-electron chi connectivity index (χ2n) is 7.02. The average Bonchev–Trinajstić information content (AvgIpc) is 3.16. The van der Waals surface area contributed by atoms with Gasteiger partial charge < -0.3 is 5.32 Å². The zero-order valence-corrected chi connectivity index (χ0v) is 15.6. The van der Waals surface area contributed by atoms with Gasteiger partial charge in [-0.2, -0.15) is 4.68 Å². The molecule has 0 atom stereocenters. The largest absolute Gasteiger partial charge is 0.373 e. The van der Waals surface area contributed by atoms with Crippen LogP contribution in [0, 0.1) is 6.92 Å². The number of aryl methyl sites for hydroxylation is 1. The Morgan fingerprint density at radius 3 is 2.35 bits per heavy atom. The van der Waals surface area contributed by atoms with Crippen molar-refractivity contribution in [1.82, 2.24) is 20.2 Å². The molecule has 0 saturated heterocycles. The van der Waals surface area contributed by atoms with Crippen LogP contribution in [0.15, 0.2) is 48.5 Å². The Kier molecular flexibility index (Phi) is 4.64. The van der Waals surface area contributed by atoms with Crippen molar-refractivity contribution in [3.05, 3.63) is 64.9 Å². The second kappa shape index (κ2) is 7.08. The maximum atomic E-state index is 6.04. The molecule has 1 saturated carbocycles. The number of halogens is 1. The minimum Gasteiger partial charge on any atom is -0.373 e. The summed E-state index contributed by atoms with van der Waals surface area (Å²) in [6.07, 6.45) is 5.56. The first-order valence-corrected chi connectivity index (χ1v) is 9.44. The molecule has 4 rings (SSSR count). The fraction of sp³-hybridized carbons (Fsp3) is 0.350. The molecular weight excluding hydrogens is 346 g/mol. The van der Waals surface area contributed by atoms with Gasteiger partial charge in [0.1, 0.15) is 0 Å². The molecule has 5 nitrogen and oxygen atoms in total. The number of nitrogens with zero attached hydrogens (tertiary/aromatic N) is 4. The van der Waals surface area contributed by atoms with E-state index in [1.807, 2.05) is 28.9 Å². The predicted molar refractivity (Wildman–Crippen MR) is 104 cm³/mol. The first-order valence-electron chi connectivity index (χ1n) is 9.06. The van der Waals surface area contributed by atoms with Gasteiger partial charge in [0.25, 0.3) is 0 Å². The zero-order chi connectivity index (χ0) is 18.0. The molecule has 26 heavy (non-hydrogen) atoms. The highest BCUT2D eigenvalue weighted by atomic mass is 35.5. The molecule has 134 valence electrons. The Balaban J connectivity index is 1.74. The third kappa shape index (κ3) is 3.31. The van der Waals surface area contributed by atoms with Crippen LogP contribution in [0.4, 0.5) is 5.69 Å². The van der Waals surface area contributed by atoms with E-state index in [1.54, 1.807) is 0 Å². The molecule has 0 aliphatic heterocycles. The van der Waals surface area contributed by atoms with Crippen LogP contribution in [0.25, 0.3) is 5.69 Å². The van der Waals surface area contributed by atoms with Crippen LogP contribution in [0.2, 0.25) is 5.02 Å². The molecule has 1 aliphatic rings. The maximum Gasteiger partial charge on any atom is 0.181 e. The Hall–Kier alpha value is -2.40. The molecule has 0 bridgehead atoms. The summed E-state index contributed by atoms with van der Waals surface area (Å²) in [5.41, 5.74) is 2.96. The molecule has 1 heterocycles. The zero-order valence-electron chi connectivity index (χ0n) is 14.8. The molecule has 2 aromatic carbocycles. The van der Waals surface area contributed by atoms with Crippen molar-refractivity contribution in [3.63, 3.8) is 0 Å². The first-order chi connectivity index (χ1) is 12.7. The topological polar surface area (TPSA) is 55.6 Å².